The average molecular weight is 203 g/mol. The van der Waals surface area contributed by atoms with Crippen LogP contribution in [0.1, 0.15) is 32.1 Å². The molecule has 2 unspecified atom stereocenters. The van der Waals surface area contributed by atoms with E-state index in [2.05, 4.69) is 12.0 Å². The van der Waals surface area contributed by atoms with Crippen molar-refractivity contribution in [2.24, 2.45) is 5.92 Å². The minimum Gasteiger partial charge on any atom is -0.378 e. The molecule has 1 saturated carbocycles. The van der Waals surface area contributed by atoms with Gasteiger partial charge in [-0.25, -0.2) is 0 Å². The van der Waals surface area contributed by atoms with Crippen molar-refractivity contribution in [2.75, 3.05) is 19.4 Å². The number of aliphatic hydroxyl groups is 1. The normalized spacial score (nSPS) is 22.6. The Kier molecular flexibility index (Phi) is 5.93. The number of hydrogen-bond acceptors (Lipinski definition) is 2. The van der Waals surface area contributed by atoms with Gasteiger partial charge in [0.05, 0.1) is 0 Å². The molecule has 0 aliphatic heterocycles. The van der Waals surface area contributed by atoms with Crippen LogP contribution in [0.15, 0.2) is 0 Å². The lowest BCUT2D eigenvalue weighted by Crippen LogP contribution is -2.38. The third-order valence-corrected chi connectivity index (χ3v) is 3.57. The summed E-state index contributed by atoms with van der Waals surface area (Å²) in [5, 5.41) is 13.0. The van der Waals surface area contributed by atoms with E-state index >= 15 is 0 Å². The Balaban J connectivity index is 2.09. The van der Waals surface area contributed by atoms with Gasteiger partial charge in [0.15, 0.2) is 0 Å². The maximum Gasteiger partial charge on any atom is 0.107 e. The van der Waals surface area contributed by atoms with Gasteiger partial charge in [0, 0.05) is 6.54 Å². The van der Waals surface area contributed by atoms with E-state index in [1.54, 1.807) is 0 Å². The van der Waals surface area contributed by atoms with Gasteiger partial charge < -0.3 is 5.11 Å². The second-order valence-corrected chi connectivity index (χ2v) is 5.11. The maximum atomic E-state index is 9.79. The molecule has 2 N–H and O–H groups in total. The summed E-state index contributed by atoms with van der Waals surface area (Å²) >= 11 is 0. The lowest BCUT2D eigenvalue weighted by molar-refractivity contribution is 0.0572. The standard InChI is InChI=1S/C10H22NOP/c1-13-8-7-11-10(12)9-5-3-2-4-6-9/h9-13H,2-8H2,1H3. The van der Waals surface area contributed by atoms with Crippen molar-refractivity contribution in [3.8, 4) is 0 Å². The van der Waals surface area contributed by atoms with Gasteiger partial charge in [-0.2, -0.15) is 0 Å². The first-order valence-corrected chi connectivity index (χ1v) is 7.11. The molecule has 0 heterocycles. The van der Waals surface area contributed by atoms with Gasteiger partial charge in [-0.05, 0) is 31.6 Å². The van der Waals surface area contributed by atoms with Gasteiger partial charge in [-0.15, -0.1) is 8.58 Å². The second-order valence-electron chi connectivity index (χ2n) is 3.90. The predicted molar refractivity (Wildman–Crippen MR) is 59.7 cm³/mol. The van der Waals surface area contributed by atoms with Crippen LogP contribution in [0.4, 0.5) is 0 Å². The number of rotatable bonds is 5. The van der Waals surface area contributed by atoms with E-state index in [1.165, 1.54) is 38.3 Å². The molecule has 0 spiro atoms. The molecule has 0 aromatic rings. The highest BCUT2D eigenvalue weighted by atomic mass is 31.1. The molecular weight excluding hydrogens is 181 g/mol. The van der Waals surface area contributed by atoms with Crippen LogP contribution in [0.2, 0.25) is 0 Å². The second kappa shape index (κ2) is 6.75. The topological polar surface area (TPSA) is 32.3 Å². The molecule has 0 aromatic carbocycles. The summed E-state index contributed by atoms with van der Waals surface area (Å²) in [4.78, 5) is 0. The van der Waals surface area contributed by atoms with Crippen LogP contribution in [0.25, 0.3) is 0 Å². The summed E-state index contributed by atoms with van der Waals surface area (Å²) in [6, 6.07) is 0. The van der Waals surface area contributed by atoms with Crippen LogP contribution >= 0.6 is 8.58 Å². The van der Waals surface area contributed by atoms with Crippen molar-refractivity contribution in [2.45, 2.75) is 38.3 Å². The van der Waals surface area contributed by atoms with E-state index in [-0.39, 0.29) is 6.23 Å². The van der Waals surface area contributed by atoms with Crippen molar-refractivity contribution in [3.63, 3.8) is 0 Å². The zero-order valence-electron chi connectivity index (χ0n) is 8.55. The van der Waals surface area contributed by atoms with Gasteiger partial charge >= 0.3 is 0 Å². The summed E-state index contributed by atoms with van der Waals surface area (Å²) in [6.07, 6.45) is 7.35. The summed E-state index contributed by atoms with van der Waals surface area (Å²) in [5.74, 6) is 0.522. The van der Waals surface area contributed by atoms with Crippen molar-refractivity contribution in [1.29, 1.82) is 0 Å². The van der Waals surface area contributed by atoms with Crippen molar-refractivity contribution >= 4 is 8.58 Å². The summed E-state index contributed by atoms with van der Waals surface area (Å²) in [7, 11) is 0.993. The van der Waals surface area contributed by atoms with Gasteiger partial charge in [-0.3, -0.25) is 5.32 Å². The molecule has 1 aliphatic carbocycles. The van der Waals surface area contributed by atoms with Crippen LogP contribution in [0.3, 0.4) is 0 Å². The number of nitrogens with one attached hydrogen (secondary N) is 1. The van der Waals surface area contributed by atoms with Crippen LogP contribution in [-0.2, 0) is 0 Å². The smallest absolute Gasteiger partial charge is 0.107 e. The van der Waals surface area contributed by atoms with E-state index in [1.807, 2.05) is 0 Å². The van der Waals surface area contributed by atoms with Gasteiger partial charge in [-0.1, -0.05) is 19.3 Å². The van der Waals surface area contributed by atoms with E-state index in [4.69, 9.17) is 0 Å². The lowest BCUT2D eigenvalue weighted by Gasteiger charge is -2.27. The Bertz CT molecular complexity index is 126. The fourth-order valence-electron chi connectivity index (χ4n) is 1.96. The van der Waals surface area contributed by atoms with E-state index in [0.717, 1.165) is 15.1 Å². The maximum absolute atomic E-state index is 9.79. The molecule has 1 fully saturated rings. The van der Waals surface area contributed by atoms with Crippen LogP contribution in [0.5, 0.6) is 0 Å². The molecule has 3 heteroatoms. The Morgan fingerprint density at radius 2 is 2.08 bits per heavy atom. The first-order valence-electron chi connectivity index (χ1n) is 5.40. The van der Waals surface area contributed by atoms with Crippen molar-refractivity contribution < 1.29 is 5.11 Å². The van der Waals surface area contributed by atoms with Crippen LogP contribution in [-0.4, -0.2) is 30.7 Å². The molecule has 0 bridgehead atoms. The van der Waals surface area contributed by atoms with Crippen LogP contribution < -0.4 is 5.32 Å². The van der Waals surface area contributed by atoms with E-state index < -0.39 is 0 Å². The minimum absolute atomic E-state index is 0.239. The molecular formula is C10H22NOP. The SMILES string of the molecule is CPCCNC(O)C1CCCCC1. The molecule has 0 aromatic heterocycles. The molecule has 1 aliphatic rings. The third-order valence-electron chi connectivity index (χ3n) is 2.82. The van der Waals surface area contributed by atoms with Gasteiger partial charge in [0.2, 0.25) is 0 Å². The zero-order valence-corrected chi connectivity index (χ0v) is 9.55. The van der Waals surface area contributed by atoms with Gasteiger partial charge in [0.25, 0.3) is 0 Å². The quantitative estimate of drug-likeness (QED) is 0.405. The summed E-state index contributed by atoms with van der Waals surface area (Å²) in [5.41, 5.74) is 0. The van der Waals surface area contributed by atoms with Crippen molar-refractivity contribution in [1.82, 2.24) is 5.32 Å². The Labute approximate surface area is 83.3 Å². The Morgan fingerprint density at radius 3 is 2.69 bits per heavy atom. The van der Waals surface area contributed by atoms with E-state index in [9.17, 15) is 5.11 Å². The minimum atomic E-state index is -0.239. The average Bonchev–Trinajstić information content (AvgIpc) is 2.19. The monoisotopic (exact) mass is 203 g/mol. The molecule has 2 atom stereocenters. The summed E-state index contributed by atoms with van der Waals surface area (Å²) < 4.78 is 0. The molecule has 13 heavy (non-hydrogen) atoms. The van der Waals surface area contributed by atoms with Crippen molar-refractivity contribution in [3.05, 3.63) is 0 Å². The first kappa shape index (κ1) is 11.4. The fraction of sp³-hybridized carbons (Fsp3) is 1.00. The Hall–Kier alpha value is 0.350. The fourth-order valence-corrected chi connectivity index (χ4v) is 2.36. The number of aliphatic hydroxyl groups excluding tert-OH is 1. The molecule has 0 radical (unpaired) electrons. The molecule has 2 nitrogen and oxygen atoms in total. The zero-order chi connectivity index (χ0) is 9.52. The van der Waals surface area contributed by atoms with Crippen LogP contribution in [0, 0.1) is 5.92 Å². The Morgan fingerprint density at radius 1 is 1.38 bits per heavy atom. The van der Waals surface area contributed by atoms with E-state index in [0.29, 0.717) is 5.92 Å². The summed E-state index contributed by atoms with van der Waals surface area (Å²) in [6.45, 7) is 3.18. The molecule has 1 rings (SSSR count). The molecule has 0 amide bonds. The highest BCUT2D eigenvalue weighted by molar-refractivity contribution is 7.37. The highest BCUT2D eigenvalue weighted by Gasteiger charge is 2.20. The van der Waals surface area contributed by atoms with Gasteiger partial charge in [0.1, 0.15) is 6.23 Å². The molecule has 0 saturated heterocycles. The third kappa shape index (κ3) is 4.39. The number of hydrogen-bond donors (Lipinski definition) is 2. The predicted octanol–water partition coefficient (Wildman–Crippen LogP) is 1.78. The lowest BCUT2D eigenvalue weighted by atomic mass is 9.88. The largest absolute Gasteiger partial charge is 0.378 e. The first-order chi connectivity index (χ1) is 6.34. The molecule has 78 valence electrons. The highest BCUT2D eigenvalue weighted by Crippen LogP contribution is 2.25.